The lowest BCUT2D eigenvalue weighted by molar-refractivity contribution is -0.133. The summed E-state index contributed by atoms with van der Waals surface area (Å²) in [6, 6.07) is 0.487. The average molecular weight is 257 g/mol. The van der Waals surface area contributed by atoms with Gasteiger partial charge < -0.3 is 19.9 Å². The molecule has 1 saturated heterocycles. The second-order valence-electron chi connectivity index (χ2n) is 5.16. The van der Waals surface area contributed by atoms with Crippen LogP contribution in [-0.2, 0) is 9.53 Å². The minimum atomic E-state index is 0.222. The van der Waals surface area contributed by atoms with Crippen LogP contribution in [0.2, 0.25) is 0 Å². The van der Waals surface area contributed by atoms with Crippen molar-refractivity contribution in [3.8, 4) is 0 Å². The van der Waals surface area contributed by atoms with Crippen LogP contribution in [0, 0.1) is 0 Å². The third-order valence-corrected chi connectivity index (χ3v) is 3.12. The molecule has 1 amide bonds. The van der Waals surface area contributed by atoms with E-state index in [-0.39, 0.29) is 5.91 Å². The molecule has 0 bridgehead atoms. The molecule has 0 unspecified atom stereocenters. The van der Waals surface area contributed by atoms with Crippen molar-refractivity contribution in [2.45, 2.75) is 26.3 Å². The van der Waals surface area contributed by atoms with Gasteiger partial charge in [0, 0.05) is 38.8 Å². The number of amides is 1. The van der Waals surface area contributed by atoms with Crippen LogP contribution in [0.5, 0.6) is 0 Å². The summed E-state index contributed by atoms with van der Waals surface area (Å²) in [5.41, 5.74) is 0. The standard InChI is InChI=1S/C13H27N3O2/c1-12(2)14-5-11-18-10-4-13(17)16-8-6-15(3)7-9-16/h12,14H,4-11H2,1-3H3. The molecule has 18 heavy (non-hydrogen) atoms. The highest BCUT2D eigenvalue weighted by atomic mass is 16.5. The average Bonchev–Trinajstić information content (AvgIpc) is 2.34. The molecule has 1 N–H and O–H groups in total. The van der Waals surface area contributed by atoms with Crippen LogP contribution in [0.25, 0.3) is 0 Å². The van der Waals surface area contributed by atoms with Gasteiger partial charge in [0.05, 0.1) is 19.6 Å². The van der Waals surface area contributed by atoms with Crippen molar-refractivity contribution in [2.24, 2.45) is 0 Å². The molecule has 1 fully saturated rings. The maximum absolute atomic E-state index is 11.9. The van der Waals surface area contributed by atoms with Crippen LogP contribution in [0.15, 0.2) is 0 Å². The first kappa shape index (κ1) is 15.4. The van der Waals surface area contributed by atoms with Crippen molar-refractivity contribution in [3.05, 3.63) is 0 Å². The van der Waals surface area contributed by atoms with Gasteiger partial charge in [-0.15, -0.1) is 0 Å². The number of piperazine rings is 1. The Labute approximate surface area is 110 Å². The van der Waals surface area contributed by atoms with Gasteiger partial charge in [-0.05, 0) is 7.05 Å². The lowest BCUT2D eigenvalue weighted by Crippen LogP contribution is -2.47. The van der Waals surface area contributed by atoms with Crippen LogP contribution in [-0.4, -0.2) is 74.7 Å². The molecular formula is C13H27N3O2. The molecular weight excluding hydrogens is 230 g/mol. The molecule has 0 aromatic carbocycles. The Hall–Kier alpha value is -0.650. The first-order valence-electron chi connectivity index (χ1n) is 6.87. The highest BCUT2D eigenvalue weighted by Crippen LogP contribution is 2.01. The van der Waals surface area contributed by atoms with Crippen molar-refractivity contribution in [3.63, 3.8) is 0 Å². The van der Waals surface area contributed by atoms with Gasteiger partial charge in [-0.3, -0.25) is 4.79 Å². The topological polar surface area (TPSA) is 44.8 Å². The predicted molar refractivity (Wildman–Crippen MR) is 72.7 cm³/mol. The number of likely N-dealkylation sites (N-methyl/N-ethyl adjacent to an activating group) is 1. The van der Waals surface area contributed by atoms with Gasteiger partial charge in [-0.25, -0.2) is 0 Å². The second-order valence-corrected chi connectivity index (χ2v) is 5.16. The van der Waals surface area contributed by atoms with Crippen molar-refractivity contribution in [1.29, 1.82) is 0 Å². The molecule has 0 aromatic rings. The summed E-state index contributed by atoms with van der Waals surface area (Å²) in [4.78, 5) is 16.0. The van der Waals surface area contributed by atoms with Gasteiger partial charge in [0.1, 0.15) is 0 Å². The zero-order valence-corrected chi connectivity index (χ0v) is 11.9. The van der Waals surface area contributed by atoms with E-state index in [2.05, 4.69) is 31.1 Å². The van der Waals surface area contributed by atoms with Gasteiger partial charge in [-0.1, -0.05) is 13.8 Å². The molecule has 1 heterocycles. The quantitative estimate of drug-likeness (QED) is 0.660. The normalized spacial score (nSPS) is 17.4. The summed E-state index contributed by atoms with van der Waals surface area (Å²) in [6.45, 7) is 9.93. The molecule has 1 aliphatic rings. The maximum Gasteiger partial charge on any atom is 0.224 e. The summed E-state index contributed by atoms with van der Waals surface area (Å²) < 4.78 is 5.45. The fourth-order valence-corrected chi connectivity index (χ4v) is 1.90. The molecule has 0 atom stereocenters. The van der Waals surface area contributed by atoms with E-state index in [1.165, 1.54) is 0 Å². The maximum atomic E-state index is 11.9. The minimum absolute atomic E-state index is 0.222. The third kappa shape index (κ3) is 6.33. The lowest BCUT2D eigenvalue weighted by Gasteiger charge is -2.32. The Balaban J connectivity index is 2.00. The Kier molecular flexibility index (Phi) is 7.23. The summed E-state index contributed by atoms with van der Waals surface area (Å²) in [7, 11) is 2.09. The van der Waals surface area contributed by atoms with E-state index in [1.54, 1.807) is 0 Å². The van der Waals surface area contributed by atoms with E-state index in [1.807, 2.05) is 4.90 Å². The number of rotatable bonds is 7. The Bertz CT molecular complexity index is 238. The van der Waals surface area contributed by atoms with Crippen molar-refractivity contribution in [2.75, 3.05) is 53.0 Å². The molecule has 1 rings (SSSR count). The highest BCUT2D eigenvalue weighted by molar-refractivity contribution is 5.76. The third-order valence-electron chi connectivity index (χ3n) is 3.12. The van der Waals surface area contributed by atoms with Crippen LogP contribution in [0.1, 0.15) is 20.3 Å². The monoisotopic (exact) mass is 257 g/mol. The molecule has 0 saturated carbocycles. The fourth-order valence-electron chi connectivity index (χ4n) is 1.90. The largest absolute Gasteiger partial charge is 0.380 e. The predicted octanol–water partition coefficient (Wildman–Crippen LogP) is 0.165. The summed E-state index contributed by atoms with van der Waals surface area (Å²) in [5, 5.41) is 3.28. The molecule has 0 aliphatic carbocycles. The second kappa shape index (κ2) is 8.45. The van der Waals surface area contributed by atoms with Crippen molar-refractivity contribution >= 4 is 5.91 Å². The zero-order valence-electron chi connectivity index (χ0n) is 11.9. The van der Waals surface area contributed by atoms with Crippen molar-refractivity contribution < 1.29 is 9.53 Å². The van der Waals surface area contributed by atoms with Crippen LogP contribution < -0.4 is 5.32 Å². The number of hydrogen-bond acceptors (Lipinski definition) is 4. The lowest BCUT2D eigenvalue weighted by atomic mass is 10.3. The van der Waals surface area contributed by atoms with E-state index in [9.17, 15) is 4.79 Å². The fraction of sp³-hybridized carbons (Fsp3) is 0.923. The number of nitrogens with one attached hydrogen (secondary N) is 1. The summed E-state index contributed by atoms with van der Waals surface area (Å²) in [6.07, 6.45) is 0.505. The summed E-state index contributed by atoms with van der Waals surface area (Å²) in [5.74, 6) is 0.222. The molecule has 5 heteroatoms. The molecule has 5 nitrogen and oxygen atoms in total. The van der Waals surface area contributed by atoms with Crippen molar-refractivity contribution in [1.82, 2.24) is 15.1 Å². The van der Waals surface area contributed by atoms with Gasteiger partial charge in [0.25, 0.3) is 0 Å². The molecule has 0 radical (unpaired) electrons. The van der Waals surface area contributed by atoms with E-state index >= 15 is 0 Å². The molecule has 0 spiro atoms. The van der Waals surface area contributed by atoms with E-state index < -0.39 is 0 Å². The van der Waals surface area contributed by atoms with Gasteiger partial charge in [0.2, 0.25) is 5.91 Å². The Morgan fingerprint density at radius 1 is 1.22 bits per heavy atom. The Morgan fingerprint density at radius 3 is 2.50 bits per heavy atom. The number of ether oxygens (including phenoxy) is 1. The highest BCUT2D eigenvalue weighted by Gasteiger charge is 2.18. The number of nitrogens with zero attached hydrogens (tertiary/aromatic N) is 2. The first-order valence-corrected chi connectivity index (χ1v) is 6.87. The van der Waals surface area contributed by atoms with Gasteiger partial charge in [0.15, 0.2) is 0 Å². The number of carbonyl (C=O) groups excluding carboxylic acids is 1. The first-order chi connectivity index (χ1) is 8.59. The zero-order chi connectivity index (χ0) is 13.4. The molecule has 106 valence electrons. The van der Waals surface area contributed by atoms with E-state index in [0.29, 0.717) is 25.7 Å². The smallest absolute Gasteiger partial charge is 0.224 e. The number of carbonyl (C=O) groups is 1. The van der Waals surface area contributed by atoms with Gasteiger partial charge in [-0.2, -0.15) is 0 Å². The van der Waals surface area contributed by atoms with E-state index in [4.69, 9.17) is 4.74 Å². The SMILES string of the molecule is CC(C)NCCOCCC(=O)N1CCN(C)CC1. The number of hydrogen-bond donors (Lipinski definition) is 1. The van der Waals surface area contributed by atoms with E-state index in [0.717, 1.165) is 32.7 Å². The molecule has 1 aliphatic heterocycles. The molecule has 0 aromatic heterocycles. The van der Waals surface area contributed by atoms with Crippen LogP contribution in [0.3, 0.4) is 0 Å². The van der Waals surface area contributed by atoms with Crippen LogP contribution in [0.4, 0.5) is 0 Å². The van der Waals surface area contributed by atoms with Crippen LogP contribution >= 0.6 is 0 Å². The van der Waals surface area contributed by atoms with Gasteiger partial charge >= 0.3 is 0 Å². The Morgan fingerprint density at radius 2 is 1.89 bits per heavy atom. The minimum Gasteiger partial charge on any atom is -0.380 e. The summed E-state index contributed by atoms with van der Waals surface area (Å²) >= 11 is 0.